The highest BCUT2D eigenvalue weighted by atomic mass is 32.2. The van der Waals surface area contributed by atoms with Crippen molar-refractivity contribution in [3.05, 3.63) is 0 Å². The van der Waals surface area contributed by atoms with Gasteiger partial charge in [0.1, 0.15) is 0 Å². The van der Waals surface area contributed by atoms with Crippen molar-refractivity contribution in [1.82, 2.24) is 4.90 Å². The van der Waals surface area contributed by atoms with Crippen LogP contribution in [0.5, 0.6) is 0 Å². The summed E-state index contributed by atoms with van der Waals surface area (Å²) in [6, 6.07) is 0. The molecule has 0 unspecified atom stereocenters. The van der Waals surface area contributed by atoms with Gasteiger partial charge < -0.3 is 10.6 Å². The van der Waals surface area contributed by atoms with E-state index in [0.29, 0.717) is 18.9 Å². The second-order valence-electron chi connectivity index (χ2n) is 3.24. The molecule has 1 amide bonds. The van der Waals surface area contributed by atoms with Gasteiger partial charge in [-0.15, -0.1) is 0 Å². The molecule has 0 spiro atoms. The van der Waals surface area contributed by atoms with Crippen LogP contribution in [-0.4, -0.2) is 41.9 Å². The van der Waals surface area contributed by atoms with Gasteiger partial charge in [-0.05, 0) is 12.8 Å². The van der Waals surface area contributed by atoms with Gasteiger partial charge in [0.05, 0.1) is 0 Å². The minimum atomic E-state index is 0.321. The summed E-state index contributed by atoms with van der Waals surface area (Å²) in [5, 5.41) is 0. The number of amides is 1. The lowest BCUT2D eigenvalue weighted by molar-refractivity contribution is -0.129. The third kappa shape index (κ3) is 4.00. The largest absolute Gasteiger partial charge is 0.343 e. The van der Waals surface area contributed by atoms with Gasteiger partial charge in [0.15, 0.2) is 0 Å². The Morgan fingerprint density at radius 3 is 2.62 bits per heavy atom. The summed E-state index contributed by atoms with van der Waals surface area (Å²) in [6.07, 6.45) is 3.05. The Morgan fingerprint density at radius 2 is 2.00 bits per heavy atom. The van der Waals surface area contributed by atoms with E-state index in [1.54, 1.807) is 11.8 Å². The zero-order chi connectivity index (χ0) is 9.52. The van der Waals surface area contributed by atoms with E-state index < -0.39 is 0 Å². The second-order valence-corrected chi connectivity index (χ2v) is 4.46. The first-order valence-electron chi connectivity index (χ1n) is 4.90. The van der Waals surface area contributed by atoms with E-state index in [-0.39, 0.29) is 0 Å². The number of hydrogen-bond donors (Lipinski definition) is 1. The molecule has 1 saturated heterocycles. The predicted octanol–water partition coefficient (Wildman–Crippen LogP) is 0.691. The molecule has 0 atom stereocenters. The van der Waals surface area contributed by atoms with Gasteiger partial charge in [-0.3, -0.25) is 4.79 Å². The maximum atomic E-state index is 11.5. The summed E-state index contributed by atoms with van der Waals surface area (Å²) in [6.45, 7) is 2.66. The Morgan fingerprint density at radius 1 is 1.31 bits per heavy atom. The Bertz CT molecular complexity index is 158. The van der Waals surface area contributed by atoms with E-state index in [4.69, 9.17) is 5.73 Å². The highest BCUT2D eigenvalue weighted by Gasteiger charge is 2.16. The van der Waals surface area contributed by atoms with Gasteiger partial charge in [0, 0.05) is 37.6 Å². The van der Waals surface area contributed by atoms with Crippen LogP contribution in [-0.2, 0) is 4.79 Å². The lowest BCUT2D eigenvalue weighted by atomic mass is 10.4. The number of carbonyl (C=O) groups excluding carboxylic acids is 1. The van der Waals surface area contributed by atoms with Crippen molar-refractivity contribution in [2.75, 3.05) is 31.1 Å². The number of rotatable bonds is 5. The summed E-state index contributed by atoms with van der Waals surface area (Å²) in [4.78, 5) is 13.5. The van der Waals surface area contributed by atoms with Crippen molar-refractivity contribution in [1.29, 1.82) is 0 Å². The minimum absolute atomic E-state index is 0.321. The Kier molecular flexibility index (Phi) is 5.23. The average molecular weight is 202 g/mol. The molecule has 1 fully saturated rings. The van der Waals surface area contributed by atoms with Gasteiger partial charge in [0.25, 0.3) is 0 Å². The van der Waals surface area contributed by atoms with Gasteiger partial charge in [-0.25, -0.2) is 0 Å². The Balaban J connectivity index is 2.03. The summed E-state index contributed by atoms with van der Waals surface area (Å²) in [5.41, 5.74) is 5.35. The standard InChI is InChI=1S/C9H18N2OS/c10-4-8-13-7-3-9(12)11-5-1-2-6-11/h1-8,10H2. The van der Waals surface area contributed by atoms with E-state index in [1.807, 2.05) is 4.90 Å². The topological polar surface area (TPSA) is 46.3 Å². The van der Waals surface area contributed by atoms with Crippen molar-refractivity contribution < 1.29 is 4.79 Å². The van der Waals surface area contributed by atoms with Gasteiger partial charge in [-0.1, -0.05) is 0 Å². The van der Waals surface area contributed by atoms with Crippen molar-refractivity contribution in [2.24, 2.45) is 5.73 Å². The Labute approximate surface area is 84.0 Å². The molecule has 76 valence electrons. The molecule has 4 heteroatoms. The van der Waals surface area contributed by atoms with E-state index in [0.717, 1.165) is 24.6 Å². The monoisotopic (exact) mass is 202 g/mol. The SMILES string of the molecule is NCCSCCC(=O)N1CCCC1. The van der Waals surface area contributed by atoms with Crippen LogP contribution in [0.15, 0.2) is 0 Å². The fourth-order valence-electron chi connectivity index (χ4n) is 1.47. The van der Waals surface area contributed by atoms with Crippen LogP contribution in [0.25, 0.3) is 0 Å². The smallest absolute Gasteiger partial charge is 0.223 e. The molecule has 3 nitrogen and oxygen atoms in total. The zero-order valence-electron chi connectivity index (χ0n) is 8.00. The fraction of sp³-hybridized carbons (Fsp3) is 0.889. The number of thioether (sulfide) groups is 1. The normalized spacial score (nSPS) is 16.5. The molecule has 1 rings (SSSR count). The molecule has 13 heavy (non-hydrogen) atoms. The first-order chi connectivity index (χ1) is 6.34. The number of nitrogens with two attached hydrogens (primary N) is 1. The van der Waals surface area contributed by atoms with Crippen molar-refractivity contribution >= 4 is 17.7 Å². The molecule has 2 N–H and O–H groups in total. The number of carbonyl (C=O) groups is 1. The molecule has 0 radical (unpaired) electrons. The number of likely N-dealkylation sites (tertiary alicyclic amines) is 1. The quantitative estimate of drug-likeness (QED) is 0.667. The third-order valence-electron chi connectivity index (χ3n) is 2.18. The summed E-state index contributed by atoms with van der Waals surface area (Å²) in [5.74, 6) is 2.21. The van der Waals surface area contributed by atoms with Crippen LogP contribution in [0.4, 0.5) is 0 Å². The molecule has 1 heterocycles. The van der Waals surface area contributed by atoms with Crippen LogP contribution < -0.4 is 5.73 Å². The van der Waals surface area contributed by atoms with Crippen molar-refractivity contribution in [3.8, 4) is 0 Å². The van der Waals surface area contributed by atoms with E-state index in [2.05, 4.69) is 0 Å². The average Bonchev–Trinajstić information content (AvgIpc) is 2.65. The molecular weight excluding hydrogens is 184 g/mol. The van der Waals surface area contributed by atoms with Gasteiger partial charge in [0.2, 0.25) is 5.91 Å². The highest BCUT2D eigenvalue weighted by Crippen LogP contribution is 2.10. The zero-order valence-corrected chi connectivity index (χ0v) is 8.81. The fourth-order valence-corrected chi connectivity index (χ4v) is 2.16. The summed E-state index contributed by atoms with van der Waals surface area (Å²) in [7, 11) is 0. The third-order valence-corrected chi connectivity index (χ3v) is 3.20. The molecule has 0 aromatic heterocycles. The van der Waals surface area contributed by atoms with Crippen LogP contribution in [0.3, 0.4) is 0 Å². The van der Waals surface area contributed by atoms with Crippen LogP contribution in [0.2, 0.25) is 0 Å². The predicted molar refractivity (Wildman–Crippen MR) is 56.8 cm³/mol. The lowest BCUT2D eigenvalue weighted by Crippen LogP contribution is -2.27. The van der Waals surface area contributed by atoms with Gasteiger partial charge >= 0.3 is 0 Å². The highest BCUT2D eigenvalue weighted by molar-refractivity contribution is 7.99. The molecule has 0 saturated carbocycles. The maximum Gasteiger partial charge on any atom is 0.223 e. The molecule has 0 aromatic carbocycles. The van der Waals surface area contributed by atoms with E-state index in [9.17, 15) is 4.79 Å². The molecule has 1 aliphatic rings. The van der Waals surface area contributed by atoms with Crippen LogP contribution in [0, 0.1) is 0 Å². The summed E-state index contributed by atoms with van der Waals surface area (Å²) < 4.78 is 0. The van der Waals surface area contributed by atoms with Crippen molar-refractivity contribution in [3.63, 3.8) is 0 Å². The first-order valence-corrected chi connectivity index (χ1v) is 6.05. The van der Waals surface area contributed by atoms with E-state index >= 15 is 0 Å². The van der Waals surface area contributed by atoms with Crippen LogP contribution >= 0.6 is 11.8 Å². The van der Waals surface area contributed by atoms with Gasteiger partial charge in [-0.2, -0.15) is 11.8 Å². The lowest BCUT2D eigenvalue weighted by Gasteiger charge is -2.14. The van der Waals surface area contributed by atoms with E-state index in [1.165, 1.54) is 12.8 Å². The number of hydrogen-bond acceptors (Lipinski definition) is 3. The maximum absolute atomic E-state index is 11.5. The molecular formula is C9H18N2OS. The molecule has 0 aliphatic carbocycles. The number of nitrogens with zero attached hydrogens (tertiary/aromatic N) is 1. The Hall–Kier alpha value is -0.220. The second kappa shape index (κ2) is 6.27. The molecule has 0 bridgehead atoms. The molecule has 1 aliphatic heterocycles. The first kappa shape index (κ1) is 10.9. The summed E-state index contributed by atoms with van der Waals surface area (Å²) >= 11 is 1.77. The minimum Gasteiger partial charge on any atom is -0.343 e. The van der Waals surface area contributed by atoms with Crippen LogP contribution in [0.1, 0.15) is 19.3 Å². The van der Waals surface area contributed by atoms with Crippen molar-refractivity contribution in [2.45, 2.75) is 19.3 Å². The molecule has 0 aromatic rings.